The van der Waals surface area contributed by atoms with Crippen LogP contribution in [0.1, 0.15) is 66.7 Å². The van der Waals surface area contributed by atoms with Crippen molar-refractivity contribution in [3.8, 4) is 0 Å². The molecule has 3 heterocycles. The van der Waals surface area contributed by atoms with Gasteiger partial charge in [-0.2, -0.15) is 0 Å². The molecule has 7 nitrogen and oxygen atoms in total. The summed E-state index contributed by atoms with van der Waals surface area (Å²) in [6, 6.07) is 1.07. The van der Waals surface area contributed by atoms with Crippen LogP contribution in [0.2, 0.25) is 0 Å². The van der Waals surface area contributed by atoms with E-state index in [1.807, 2.05) is 13.0 Å². The van der Waals surface area contributed by atoms with Gasteiger partial charge in [-0.25, -0.2) is 9.78 Å². The number of amides is 1. The van der Waals surface area contributed by atoms with Gasteiger partial charge in [-0.1, -0.05) is 18.5 Å². The monoisotopic (exact) mass is 343 g/mol. The summed E-state index contributed by atoms with van der Waals surface area (Å²) < 4.78 is 5.40. The topological polar surface area (TPSA) is 96.5 Å². The molecule has 2 fully saturated rings. The Morgan fingerprint density at radius 1 is 1.36 bits per heavy atom. The summed E-state index contributed by atoms with van der Waals surface area (Å²) in [4.78, 5) is 30.7. The molecule has 1 atom stereocenters. The summed E-state index contributed by atoms with van der Waals surface area (Å²) in [6.45, 7) is 2.50. The van der Waals surface area contributed by atoms with Gasteiger partial charge in [0.15, 0.2) is 0 Å². The van der Waals surface area contributed by atoms with Crippen LogP contribution in [0.15, 0.2) is 10.6 Å². The molecule has 0 radical (unpaired) electrons. The van der Waals surface area contributed by atoms with E-state index in [1.54, 1.807) is 0 Å². The maximum Gasteiger partial charge on any atom is 0.326 e. The smallest absolute Gasteiger partial charge is 0.326 e. The van der Waals surface area contributed by atoms with Crippen LogP contribution in [0.4, 0.5) is 0 Å². The lowest BCUT2D eigenvalue weighted by molar-refractivity contribution is -0.141. The number of nitrogens with zero attached hydrogens (tertiary/aromatic N) is 3. The van der Waals surface area contributed by atoms with Crippen molar-refractivity contribution in [2.24, 2.45) is 0 Å². The molecule has 2 aliphatic rings. The van der Waals surface area contributed by atoms with Crippen LogP contribution in [0.25, 0.3) is 11.1 Å². The molecular weight excluding hydrogens is 322 g/mol. The zero-order valence-electron chi connectivity index (χ0n) is 14.2. The summed E-state index contributed by atoms with van der Waals surface area (Å²) in [5.74, 6) is -0.832. The second kappa shape index (κ2) is 6.13. The van der Waals surface area contributed by atoms with E-state index in [0.29, 0.717) is 48.4 Å². The second-order valence-corrected chi connectivity index (χ2v) is 6.92. The van der Waals surface area contributed by atoms with Crippen LogP contribution in [0.3, 0.4) is 0 Å². The normalized spacial score (nSPS) is 20.4. The van der Waals surface area contributed by atoms with E-state index in [1.165, 1.54) is 4.90 Å². The average Bonchev–Trinajstić information content (AvgIpc) is 3.19. The summed E-state index contributed by atoms with van der Waals surface area (Å²) in [5.41, 5.74) is 2.45. The summed E-state index contributed by atoms with van der Waals surface area (Å²) in [7, 11) is 0. The maximum absolute atomic E-state index is 13.2. The number of hydrogen-bond acceptors (Lipinski definition) is 5. The lowest BCUT2D eigenvalue weighted by Gasteiger charge is -2.22. The Hall–Kier alpha value is -2.44. The Morgan fingerprint density at radius 2 is 2.16 bits per heavy atom. The van der Waals surface area contributed by atoms with Crippen molar-refractivity contribution in [3.63, 3.8) is 0 Å². The summed E-state index contributed by atoms with van der Waals surface area (Å²) in [5, 5.41) is 14.2. The molecule has 7 heteroatoms. The molecule has 1 aliphatic heterocycles. The van der Waals surface area contributed by atoms with Crippen LogP contribution < -0.4 is 0 Å². The molecule has 4 rings (SSSR count). The third-order valence-corrected chi connectivity index (χ3v) is 5.05. The number of carbonyl (C=O) groups is 2. The Bertz CT molecular complexity index is 840. The largest absolute Gasteiger partial charge is 0.480 e. The fraction of sp³-hybridized carbons (Fsp3) is 0.556. The van der Waals surface area contributed by atoms with Crippen molar-refractivity contribution in [2.75, 3.05) is 6.54 Å². The van der Waals surface area contributed by atoms with Crippen molar-refractivity contribution in [1.29, 1.82) is 0 Å². The Kier molecular flexibility index (Phi) is 3.94. The fourth-order valence-corrected chi connectivity index (χ4v) is 3.62. The van der Waals surface area contributed by atoms with Crippen molar-refractivity contribution in [3.05, 3.63) is 23.0 Å². The first kappa shape index (κ1) is 16.1. The fourth-order valence-electron chi connectivity index (χ4n) is 3.62. The predicted molar refractivity (Wildman–Crippen MR) is 89.5 cm³/mol. The molecule has 1 N–H and O–H groups in total. The molecule has 2 aromatic rings. The van der Waals surface area contributed by atoms with E-state index in [4.69, 9.17) is 4.52 Å². The Labute approximate surface area is 145 Å². The van der Waals surface area contributed by atoms with Crippen molar-refractivity contribution >= 4 is 23.0 Å². The highest BCUT2D eigenvalue weighted by atomic mass is 16.5. The highest BCUT2D eigenvalue weighted by Gasteiger charge is 2.37. The maximum atomic E-state index is 13.2. The van der Waals surface area contributed by atoms with E-state index in [0.717, 1.165) is 30.7 Å². The number of pyridine rings is 1. The number of hydrogen-bond donors (Lipinski definition) is 1. The highest BCUT2D eigenvalue weighted by molar-refractivity contribution is 6.07. The van der Waals surface area contributed by atoms with Crippen molar-refractivity contribution < 1.29 is 19.2 Å². The summed E-state index contributed by atoms with van der Waals surface area (Å²) in [6.07, 6.45) is 4.89. The van der Waals surface area contributed by atoms with Gasteiger partial charge in [-0.05, 0) is 38.2 Å². The number of carboxylic acid groups (broad SMARTS) is 1. The van der Waals surface area contributed by atoms with E-state index in [9.17, 15) is 14.7 Å². The number of rotatable bonds is 5. The molecule has 0 bridgehead atoms. The highest BCUT2D eigenvalue weighted by Crippen LogP contribution is 2.41. The molecular formula is C18H21N3O4. The van der Waals surface area contributed by atoms with Crippen molar-refractivity contribution in [1.82, 2.24) is 15.0 Å². The molecule has 0 spiro atoms. The van der Waals surface area contributed by atoms with Gasteiger partial charge in [0, 0.05) is 18.2 Å². The first-order chi connectivity index (χ1) is 12.1. The molecule has 1 saturated carbocycles. The SMILES string of the molecule is CCCc1noc2nc(C3CC3)cc(C(=O)N3CCC[C@H]3C(=O)O)c12. The van der Waals surface area contributed by atoms with Crippen LogP contribution >= 0.6 is 0 Å². The lowest BCUT2D eigenvalue weighted by Crippen LogP contribution is -2.40. The number of carboxylic acids is 1. The van der Waals surface area contributed by atoms with Gasteiger partial charge < -0.3 is 14.5 Å². The number of aliphatic carboxylic acids is 1. The Balaban J connectivity index is 1.82. The van der Waals surface area contributed by atoms with Crippen LogP contribution in [-0.4, -0.2) is 44.6 Å². The van der Waals surface area contributed by atoms with E-state index < -0.39 is 12.0 Å². The number of aryl methyl sites for hydroxylation is 1. The molecule has 1 aliphatic carbocycles. The van der Waals surface area contributed by atoms with Gasteiger partial charge in [0.05, 0.1) is 16.6 Å². The van der Waals surface area contributed by atoms with Gasteiger partial charge in [0.25, 0.3) is 11.6 Å². The predicted octanol–water partition coefficient (Wildman–Crippen LogP) is 2.74. The Morgan fingerprint density at radius 3 is 2.84 bits per heavy atom. The average molecular weight is 343 g/mol. The molecule has 2 aromatic heterocycles. The van der Waals surface area contributed by atoms with Gasteiger partial charge in [0.1, 0.15) is 6.04 Å². The second-order valence-electron chi connectivity index (χ2n) is 6.92. The van der Waals surface area contributed by atoms with Gasteiger partial charge >= 0.3 is 5.97 Å². The number of fused-ring (bicyclic) bond motifs is 1. The van der Waals surface area contributed by atoms with Gasteiger partial charge in [-0.15, -0.1) is 0 Å². The minimum absolute atomic E-state index is 0.250. The van der Waals surface area contributed by atoms with Crippen LogP contribution in [-0.2, 0) is 11.2 Å². The van der Waals surface area contributed by atoms with E-state index >= 15 is 0 Å². The van der Waals surface area contributed by atoms with Crippen LogP contribution in [0, 0.1) is 0 Å². The number of carbonyl (C=O) groups excluding carboxylic acids is 1. The molecule has 0 unspecified atom stereocenters. The molecule has 1 amide bonds. The quantitative estimate of drug-likeness (QED) is 0.896. The molecule has 25 heavy (non-hydrogen) atoms. The lowest BCUT2D eigenvalue weighted by atomic mass is 10.0. The van der Waals surface area contributed by atoms with E-state index in [-0.39, 0.29) is 5.91 Å². The molecule has 0 aromatic carbocycles. The first-order valence-electron chi connectivity index (χ1n) is 8.93. The van der Waals surface area contributed by atoms with Gasteiger partial charge in [0.2, 0.25) is 0 Å². The third-order valence-electron chi connectivity index (χ3n) is 5.05. The van der Waals surface area contributed by atoms with Crippen molar-refractivity contribution in [2.45, 2.75) is 57.4 Å². The minimum Gasteiger partial charge on any atom is -0.480 e. The zero-order chi connectivity index (χ0) is 17.6. The van der Waals surface area contributed by atoms with E-state index in [2.05, 4.69) is 10.1 Å². The first-order valence-corrected chi connectivity index (χ1v) is 8.93. The third kappa shape index (κ3) is 2.77. The van der Waals surface area contributed by atoms with Crippen LogP contribution in [0.5, 0.6) is 0 Å². The number of aromatic nitrogens is 2. The molecule has 1 saturated heterocycles. The molecule has 132 valence electrons. The summed E-state index contributed by atoms with van der Waals surface area (Å²) >= 11 is 0. The van der Waals surface area contributed by atoms with Gasteiger partial charge in [-0.3, -0.25) is 4.79 Å². The standard InChI is InChI=1S/C18H21N3O4/c1-2-4-12-15-11(17(22)21-8-3-5-14(21)18(23)24)9-13(10-6-7-10)19-16(15)25-20-12/h9-10,14H,2-8H2,1H3,(H,23,24)/t14-/m0/s1. The zero-order valence-corrected chi connectivity index (χ0v) is 14.2. The minimum atomic E-state index is -0.947. The number of likely N-dealkylation sites (tertiary alicyclic amines) is 1.